The number of rotatable bonds is 4. The standard InChI is InChI=1S/C17H12Cl2FN5S/c18-10-2-1-9(12(19)6-10)5-11-7-25(17(26)21-11)8-15-22-13-3-4-14(20)23-16(13)24-15/h1-4,6-7H,5,8H2,(H,21,26)(H,22,23,24). The van der Waals surface area contributed by atoms with E-state index in [0.29, 0.717) is 44.8 Å². The summed E-state index contributed by atoms with van der Waals surface area (Å²) in [5.41, 5.74) is 2.88. The molecule has 0 radical (unpaired) electrons. The van der Waals surface area contributed by atoms with Gasteiger partial charge in [-0.3, -0.25) is 0 Å². The molecule has 0 saturated carbocycles. The van der Waals surface area contributed by atoms with Gasteiger partial charge in [-0.1, -0.05) is 29.3 Å². The number of nitrogens with one attached hydrogen (secondary N) is 2. The summed E-state index contributed by atoms with van der Waals surface area (Å²) >= 11 is 17.5. The van der Waals surface area contributed by atoms with E-state index in [1.54, 1.807) is 18.2 Å². The second-order valence-electron chi connectivity index (χ2n) is 5.81. The summed E-state index contributed by atoms with van der Waals surface area (Å²) in [5, 5.41) is 1.20. The molecule has 0 bridgehead atoms. The average molecular weight is 408 g/mol. The molecule has 4 rings (SSSR count). The van der Waals surface area contributed by atoms with E-state index in [9.17, 15) is 4.39 Å². The number of benzene rings is 1. The summed E-state index contributed by atoms with van der Waals surface area (Å²) in [4.78, 5) is 14.3. The van der Waals surface area contributed by atoms with Gasteiger partial charge < -0.3 is 14.5 Å². The maximum absolute atomic E-state index is 13.2. The Labute approximate surface area is 162 Å². The summed E-state index contributed by atoms with van der Waals surface area (Å²) in [6.07, 6.45) is 2.51. The first-order valence-electron chi connectivity index (χ1n) is 7.71. The molecule has 0 unspecified atom stereocenters. The van der Waals surface area contributed by atoms with Crippen molar-refractivity contribution in [2.24, 2.45) is 0 Å². The number of aromatic nitrogens is 5. The predicted molar refractivity (Wildman–Crippen MR) is 102 cm³/mol. The Bertz CT molecular complexity index is 1160. The molecular formula is C17H12Cl2FN5S. The van der Waals surface area contributed by atoms with Crippen LogP contribution in [0.25, 0.3) is 11.2 Å². The predicted octanol–water partition coefficient (Wildman–Crippen LogP) is 4.90. The van der Waals surface area contributed by atoms with E-state index in [2.05, 4.69) is 19.9 Å². The summed E-state index contributed by atoms with van der Waals surface area (Å²) in [6.45, 7) is 0.418. The maximum Gasteiger partial charge on any atom is 0.215 e. The van der Waals surface area contributed by atoms with Gasteiger partial charge in [-0.25, -0.2) is 4.98 Å². The van der Waals surface area contributed by atoms with Crippen molar-refractivity contribution < 1.29 is 4.39 Å². The number of halogens is 3. The SMILES string of the molecule is Fc1ccc2[nH]c(Cn3cc(Cc4ccc(Cl)cc4Cl)[nH]c3=S)nc2n1. The molecule has 3 aromatic heterocycles. The molecule has 9 heteroatoms. The fourth-order valence-corrected chi connectivity index (χ4v) is 3.44. The molecule has 5 nitrogen and oxygen atoms in total. The second-order valence-corrected chi connectivity index (χ2v) is 7.04. The normalized spacial score (nSPS) is 11.3. The van der Waals surface area contributed by atoms with Crippen LogP contribution in [0.15, 0.2) is 36.5 Å². The fourth-order valence-electron chi connectivity index (χ4n) is 2.72. The number of imidazole rings is 2. The number of aromatic amines is 2. The van der Waals surface area contributed by atoms with Gasteiger partial charge in [0, 0.05) is 28.4 Å². The first-order chi connectivity index (χ1) is 12.5. The van der Waals surface area contributed by atoms with E-state index >= 15 is 0 Å². The molecule has 0 saturated heterocycles. The van der Waals surface area contributed by atoms with Gasteiger partial charge in [0.25, 0.3) is 0 Å². The van der Waals surface area contributed by atoms with Gasteiger partial charge in [-0.2, -0.15) is 9.37 Å². The lowest BCUT2D eigenvalue weighted by Gasteiger charge is -2.02. The van der Waals surface area contributed by atoms with Crippen molar-refractivity contribution in [2.75, 3.05) is 0 Å². The quantitative estimate of drug-likeness (QED) is 0.373. The first-order valence-corrected chi connectivity index (χ1v) is 8.88. The Morgan fingerprint density at radius 1 is 1.12 bits per heavy atom. The highest BCUT2D eigenvalue weighted by Crippen LogP contribution is 2.23. The van der Waals surface area contributed by atoms with Crippen LogP contribution >= 0.6 is 35.4 Å². The molecule has 2 N–H and O–H groups in total. The van der Waals surface area contributed by atoms with Crippen LogP contribution in [-0.2, 0) is 13.0 Å². The molecular weight excluding hydrogens is 396 g/mol. The number of pyridine rings is 1. The van der Waals surface area contributed by atoms with Gasteiger partial charge in [0.15, 0.2) is 10.4 Å². The van der Waals surface area contributed by atoms with Crippen LogP contribution in [0.4, 0.5) is 4.39 Å². The topological polar surface area (TPSA) is 62.3 Å². The molecule has 132 valence electrons. The van der Waals surface area contributed by atoms with Gasteiger partial charge in [0.2, 0.25) is 5.95 Å². The average Bonchev–Trinajstić information content (AvgIpc) is 3.13. The Morgan fingerprint density at radius 2 is 1.96 bits per heavy atom. The van der Waals surface area contributed by atoms with Crippen LogP contribution in [0.3, 0.4) is 0 Å². The van der Waals surface area contributed by atoms with Crippen molar-refractivity contribution >= 4 is 46.6 Å². The van der Waals surface area contributed by atoms with E-state index < -0.39 is 5.95 Å². The van der Waals surface area contributed by atoms with Crippen LogP contribution < -0.4 is 0 Å². The minimum absolute atomic E-state index is 0.343. The molecule has 0 spiro atoms. The van der Waals surface area contributed by atoms with E-state index in [-0.39, 0.29) is 0 Å². The van der Waals surface area contributed by atoms with Crippen molar-refractivity contribution in [1.29, 1.82) is 0 Å². The van der Waals surface area contributed by atoms with Crippen LogP contribution in [-0.4, -0.2) is 24.5 Å². The minimum Gasteiger partial charge on any atom is -0.339 e. The molecule has 0 aliphatic carbocycles. The highest BCUT2D eigenvalue weighted by molar-refractivity contribution is 7.71. The smallest absolute Gasteiger partial charge is 0.215 e. The van der Waals surface area contributed by atoms with Crippen molar-refractivity contribution in [3.05, 3.63) is 74.4 Å². The van der Waals surface area contributed by atoms with Crippen molar-refractivity contribution in [3.63, 3.8) is 0 Å². The van der Waals surface area contributed by atoms with Crippen LogP contribution in [0, 0.1) is 10.7 Å². The van der Waals surface area contributed by atoms with Gasteiger partial charge in [-0.05, 0) is 42.0 Å². The Balaban J connectivity index is 1.58. The maximum atomic E-state index is 13.2. The van der Waals surface area contributed by atoms with Crippen molar-refractivity contribution in [1.82, 2.24) is 24.5 Å². The number of hydrogen-bond donors (Lipinski definition) is 2. The van der Waals surface area contributed by atoms with E-state index in [0.717, 1.165) is 11.3 Å². The zero-order valence-electron chi connectivity index (χ0n) is 13.3. The lowest BCUT2D eigenvalue weighted by molar-refractivity contribution is 0.588. The lowest BCUT2D eigenvalue weighted by atomic mass is 10.1. The zero-order chi connectivity index (χ0) is 18.3. The summed E-state index contributed by atoms with van der Waals surface area (Å²) in [5.74, 6) is 0.0835. The molecule has 0 amide bonds. The third-order valence-corrected chi connectivity index (χ3v) is 4.84. The van der Waals surface area contributed by atoms with E-state index in [1.165, 1.54) is 6.07 Å². The molecule has 0 aliphatic rings. The highest BCUT2D eigenvalue weighted by Gasteiger charge is 2.09. The number of hydrogen-bond acceptors (Lipinski definition) is 3. The molecule has 1 aromatic carbocycles. The number of fused-ring (bicyclic) bond motifs is 1. The summed E-state index contributed by atoms with van der Waals surface area (Å²) in [7, 11) is 0. The third-order valence-electron chi connectivity index (χ3n) is 3.92. The Kier molecular flexibility index (Phi) is 4.52. The molecule has 3 heterocycles. The fraction of sp³-hybridized carbons (Fsp3) is 0.118. The third kappa shape index (κ3) is 3.51. The van der Waals surface area contributed by atoms with Gasteiger partial charge >= 0.3 is 0 Å². The van der Waals surface area contributed by atoms with Crippen molar-refractivity contribution in [3.8, 4) is 0 Å². The van der Waals surface area contributed by atoms with E-state index in [1.807, 2.05) is 16.8 Å². The van der Waals surface area contributed by atoms with Crippen molar-refractivity contribution in [2.45, 2.75) is 13.0 Å². The molecule has 0 aliphatic heterocycles. The zero-order valence-corrected chi connectivity index (χ0v) is 15.6. The van der Waals surface area contributed by atoms with Crippen LogP contribution in [0.1, 0.15) is 17.1 Å². The van der Waals surface area contributed by atoms with Gasteiger partial charge in [0.05, 0.1) is 12.1 Å². The lowest BCUT2D eigenvalue weighted by Crippen LogP contribution is -2.00. The monoisotopic (exact) mass is 407 g/mol. The molecule has 26 heavy (non-hydrogen) atoms. The highest BCUT2D eigenvalue weighted by atomic mass is 35.5. The Morgan fingerprint density at radius 3 is 2.77 bits per heavy atom. The van der Waals surface area contributed by atoms with Gasteiger partial charge in [-0.15, -0.1) is 0 Å². The second kappa shape index (κ2) is 6.83. The summed E-state index contributed by atoms with van der Waals surface area (Å²) < 4.78 is 15.6. The van der Waals surface area contributed by atoms with Crippen LogP contribution in [0.5, 0.6) is 0 Å². The first kappa shape index (κ1) is 17.2. The van der Waals surface area contributed by atoms with Crippen LogP contribution in [0.2, 0.25) is 10.0 Å². The summed E-state index contributed by atoms with van der Waals surface area (Å²) in [6, 6.07) is 8.30. The minimum atomic E-state index is -0.559. The molecule has 0 atom stereocenters. The number of H-pyrrole nitrogens is 2. The largest absolute Gasteiger partial charge is 0.339 e. The molecule has 4 aromatic rings. The Hall–Kier alpha value is -2.22. The molecule has 0 fully saturated rings. The van der Waals surface area contributed by atoms with E-state index in [4.69, 9.17) is 35.4 Å². The number of nitrogens with zero attached hydrogens (tertiary/aromatic N) is 3. The van der Waals surface area contributed by atoms with Gasteiger partial charge in [0.1, 0.15) is 5.82 Å².